The summed E-state index contributed by atoms with van der Waals surface area (Å²) in [7, 11) is 0. The zero-order chi connectivity index (χ0) is 98.0. The van der Waals surface area contributed by atoms with Gasteiger partial charge < -0.3 is 146 Å². The van der Waals surface area contributed by atoms with E-state index in [2.05, 4.69) is 84.4 Å². The molecule has 36 N–H and O–H groups in total. The third-order valence-corrected chi connectivity index (χ3v) is 21.9. The van der Waals surface area contributed by atoms with Gasteiger partial charge in [0.15, 0.2) is 11.9 Å². The number of carboxylic acid groups (broad SMARTS) is 3. The average Bonchev–Trinajstić information content (AvgIpc) is 0.843. The van der Waals surface area contributed by atoms with Crippen LogP contribution in [0.5, 0.6) is 5.75 Å². The van der Waals surface area contributed by atoms with Crippen molar-refractivity contribution in [2.45, 2.75) is 272 Å². The Hall–Kier alpha value is -10.6. The van der Waals surface area contributed by atoms with Crippen molar-refractivity contribution in [1.82, 2.24) is 74.4 Å². The molecule has 0 heterocycles. The summed E-state index contributed by atoms with van der Waals surface area (Å²) in [6.45, 7) is 6.56. The average molecular weight is 1900 g/mol. The largest absolute Gasteiger partial charge is 0.508 e. The summed E-state index contributed by atoms with van der Waals surface area (Å²) in [5.41, 5.74) is 51.9. The molecule has 0 aliphatic rings. The van der Waals surface area contributed by atoms with Crippen LogP contribution in [0.25, 0.3) is 0 Å². The predicted octanol–water partition coefficient (Wildman–Crippen LogP) is -5.56. The number of nitrogens with zero attached hydrogens (tertiary/aromatic N) is 2. The molecule has 1 rings (SSSR count). The smallest absolute Gasteiger partial charge is 0.326 e. The molecule has 0 unspecified atom stereocenters. The van der Waals surface area contributed by atoms with Gasteiger partial charge in [-0.25, -0.2) is 4.79 Å². The van der Waals surface area contributed by atoms with E-state index in [1.807, 2.05) is 0 Å². The van der Waals surface area contributed by atoms with E-state index in [9.17, 15) is 102 Å². The molecule has 0 spiro atoms. The molecule has 0 saturated carbocycles. The fraction of sp³-hybridized carbons (Fsp3) is 0.691. The minimum Gasteiger partial charge on any atom is -0.508 e. The monoisotopic (exact) mass is 1900 g/mol. The number of amides is 14. The summed E-state index contributed by atoms with van der Waals surface area (Å²) in [6, 6.07) is -16.4. The van der Waals surface area contributed by atoms with E-state index in [-0.39, 0.29) is 159 Å². The van der Waals surface area contributed by atoms with Crippen LogP contribution < -0.4 is 126 Å². The van der Waals surface area contributed by atoms with Gasteiger partial charge in [0.2, 0.25) is 82.7 Å². The van der Waals surface area contributed by atoms with Crippen LogP contribution in [0.1, 0.15) is 181 Å². The first kappa shape index (κ1) is 117. The minimum absolute atomic E-state index is 0.000126. The molecule has 15 atom stereocenters. The number of aliphatic imine (C=N–C) groups is 2. The molecule has 736 valence electrons. The second-order valence-electron chi connectivity index (χ2n) is 31.6. The maximum atomic E-state index is 15.0. The highest BCUT2D eigenvalue weighted by Crippen LogP contribution is 2.18. The summed E-state index contributed by atoms with van der Waals surface area (Å²) in [6.07, 6.45) is 4.01. The molecule has 0 aliphatic heterocycles. The Kier molecular flexibility index (Phi) is 60.3. The zero-order valence-corrected chi connectivity index (χ0v) is 77.9. The van der Waals surface area contributed by atoms with Crippen molar-refractivity contribution in [2.75, 3.05) is 75.3 Å². The van der Waals surface area contributed by atoms with Gasteiger partial charge in [-0.2, -0.15) is 35.3 Å². The van der Waals surface area contributed by atoms with E-state index in [1.54, 1.807) is 32.6 Å². The topological polar surface area (TPSA) is 798 Å². The molecule has 0 fully saturated rings. The number of guanidine groups is 2. The number of nitrogens with one attached hydrogen (secondary N) is 14. The van der Waals surface area contributed by atoms with E-state index in [4.69, 9.17) is 51.6 Å². The summed E-state index contributed by atoms with van der Waals surface area (Å²) in [4.78, 5) is 245. The molecule has 130 heavy (non-hydrogen) atoms. The molecule has 0 bridgehead atoms. The third-order valence-electron chi connectivity index (χ3n) is 20.0. The highest BCUT2D eigenvalue weighted by Gasteiger charge is 2.39. The number of benzene rings is 1. The minimum atomic E-state index is -2.07. The van der Waals surface area contributed by atoms with Crippen LogP contribution in [-0.2, 0) is 87.9 Å². The molecule has 0 radical (unpaired) electrons. The number of aromatic hydroxyl groups is 1. The lowest BCUT2D eigenvalue weighted by Crippen LogP contribution is -2.61. The lowest BCUT2D eigenvalue weighted by Gasteiger charge is -2.29. The number of carboxylic acids is 3. The van der Waals surface area contributed by atoms with Crippen molar-refractivity contribution in [2.24, 2.45) is 67.5 Å². The van der Waals surface area contributed by atoms with Crippen LogP contribution in [0.15, 0.2) is 34.3 Å². The van der Waals surface area contributed by atoms with Crippen LogP contribution in [0.2, 0.25) is 0 Å². The van der Waals surface area contributed by atoms with Crippen LogP contribution in [0.3, 0.4) is 0 Å². The van der Waals surface area contributed by atoms with Crippen molar-refractivity contribution < 1.29 is 102 Å². The maximum Gasteiger partial charge on any atom is 0.326 e. The highest BCUT2D eigenvalue weighted by atomic mass is 32.2. The number of carbonyl (C=O) groups excluding carboxylic acids is 14. The van der Waals surface area contributed by atoms with Crippen molar-refractivity contribution in [3.05, 3.63) is 29.8 Å². The molecule has 1 aromatic rings. The standard InChI is InChI=1S/C81H143N25O21S3/c1-45(2)42-60(104-73(120)56(28-29-63(108)109)100-78(125)62(44-64(110)111)106-72(119)53(21-11-15-36-85)97-68(115)51(19-9-13-34-83)95-66(113)47(4)93-67(114)50(18-8-12-33-82)94-65(112)46(3)86)76(123)99-55(23-17-38-92-81(89)90)71(118)98-54(22-16-37-91-80(87)88)70(117)96-52(20-10-14-35-84)69(116)101-57(30-39-128-5)74(121)102-58(31-40-129-6)75(122)105-61(43-48-24-26-49(107)27-25-48)77(124)103-59(79(126)127)32-41-130-7/h24-27,45-47,50-62,107H,8-23,28-44,82-86H2,1-7H3,(H,93,114)(H,94,112)(H,95,113)(H,96,117)(H,97,115)(H,98,118)(H,99,123)(H,100,125)(H,101,116)(H,102,121)(H,103,124)(H,104,120)(H,105,122)(H,106,119)(H,108,109)(H,110,111)(H,126,127)(H4,87,88,91)(H4,89,90,92)/t46-,47-,50-,51-,52-,53-,54-,55-,56-,57-,58-,59-,60-,61-,62-/m0/s1. The number of rotatable bonds is 71. The van der Waals surface area contributed by atoms with Gasteiger partial charge in [-0.05, 0) is 235 Å². The number of aliphatic carboxylic acids is 3. The second-order valence-corrected chi connectivity index (χ2v) is 34.5. The number of unbranched alkanes of at least 4 members (excludes halogenated alkanes) is 4. The van der Waals surface area contributed by atoms with Crippen molar-refractivity contribution >= 4 is 148 Å². The summed E-state index contributed by atoms with van der Waals surface area (Å²) in [5, 5.41) is 76.0. The first-order valence-electron chi connectivity index (χ1n) is 43.4. The first-order valence-corrected chi connectivity index (χ1v) is 47.6. The number of phenols is 1. The molecule has 0 aliphatic carbocycles. The Balaban J connectivity index is 3.93. The predicted molar refractivity (Wildman–Crippen MR) is 495 cm³/mol. The second kappa shape index (κ2) is 66.7. The number of carbonyl (C=O) groups is 17. The third kappa shape index (κ3) is 50.0. The fourth-order valence-electron chi connectivity index (χ4n) is 12.8. The Labute approximate surface area is 771 Å². The Bertz CT molecular complexity index is 3810. The van der Waals surface area contributed by atoms with Crippen molar-refractivity contribution in [1.29, 1.82) is 0 Å². The number of thioether (sulfide) groups is 3. The van der Waals surface area contributed by atoms with Crippen LogP contribution in [0, 0.1) is 5.92 Å². The molecule has 0 aromatic heterocycles. The molecule has 46 nitrogen and oxygen atoms in total. The Morgan fingerprint density at radius 2 is 0.608 bits per heavy atom. The lowest BCUT2D eigenvalue weighted by molar-refractivity contribution is -0.142. The lowest BCUT2D eigenvalue weighted by atomic mass is 10.0. The molecular weight excluding hydrogens is 1760 g/mol. The van der Waals surface area contributed by atoms with Gasteiger partial charge >= 0.3 is 17.9 Å². The van der Waals surface area contributed by atoms with Gasteiger partial charge in [-0.15, -0.1) is 0 Å². The molecule has 14 amide bonds. The van der Waals surface area contributed by atoms with E-state index < -0.39 is 216 Å². The summed E-state index contributed by atoms with van der Waals surface area (Å²) < 4.78 is 0. The van der Waals surface area contributed by atoms with Gasteiger partial charge in [-0.1, -0.05) is 26.0 Å². The van der Waals surface area contributed by atoms with E-state index in [1.165, 1.54) is 73.4 Å². The van der Waals surface area contributed by atoms with Gasteiger partial charge in [0, 0.05) is 25.9 Å². The fourth-order valence-corrected chi connectivity index (χ4v) is 14.2. The molecule has 49 heteroatoms. The van der Waals surface area contributed by atoms with Crippen LogP contribution >= 0.6 is 35.3 Å². The summed E-state index contributed by atoms with van der Waals surface area (Å²) >= 11 is 4.00. The number of phenolic OH excluding ortho intramolecular Hbond substituents is 1. The van der Waals surface area contributed by atoms with Crippen LogP contribution in [0.4, 0.5) is 0 Å². The molecular formula is C81H143N25O21S3. The maximum absolute atomic E-state index is 15.0. The van der Waals surface area contributed by atoms with E-state index >= 15 is 0 Å². The van der Waals surface area contributed by atoms with Crippen molar-refractivity contribution in [3.8, 4) is 5.75 Å². The first-order chi connectivity index (χ1) is 61.6. The molecule has 0 saturated heterocycles. The SMILES string of the molecule is CSCC[C@H](NC(=O)[C@H](Cc1ccc(O)cc1)NC(=O)[C@H](CCSC)NC(=O)[C@H](CCSC)NC(=O)[C@H](CCCCN)NC(=O)[C@H](CCCN=C(N)N)NC(=O)[C@H](CCCN=C(N)N)NC(=O)[C@H](CC(C)C)NC(=O)[C@H](CCC(=O)O)NC(=O)[C@H](CC(=O)O)NC(=O)[C@H](CCCCN)NC(=O)[C@H](CCCCN)NC(=O)[C@H](C)NC(=O)[C@H](CCCCN)NC(=O)[C@H](C)N)C(=O)O. The van der Waals surface area contributed by atoms with E-state index in [0.29, 0.717) is 55.7 Å². The summed E-state index contributed by atoms with van der Waals surface area (Å²) in [5.74, 6) is -18.1. The highest BCUT2D eigenvalue weighted by molar-refractivity contribution is 7.99. The van der Waals surface area contributed by atoms with Gasteiger partial charge in [0.1, 0.15) is 90.3 Å². The zero-order valence-electron chi connectivity index (χ0n) is 75.4. The number of hydrogen-bond acceptors (Lipinski definition) is 28. The van der Waals surface area contributed by atoms with Gasteiger partial charge in [0.25, 0.3) is 0 Å². The number of nitrogens with two attached hydrogens (primary N) is 9. The van der Waals surface area contributed by atoms with Crippen LogP contribution in [-0.4, -0.2) is 299 Å². The normalized spacial score (nSPS) is 14.6. The Morgan fingerprint density at radius 3 is 0.931 bits per heavy atom. The van der Waals surface area contributed by atoms with Gasteiger partial charge in [-0.3, -0.25) is 86.7 Å². The molecule has 1 aromatic carbocycles. The number of hydrogen-bond donors (Lipinski definition) is 27. The van der Waals surface area contributed by atoms with Gasteiger partial charge in [0.05, 0.1) is 12.5 Å². The quantitative estimate of drug-likeness (QED) is 0.0164. The van der Waals surface area contributed by atoms with E-state index in [0.717, 1.165) is 0 Å². The van der Waals surface area contributed by atoms with Crippen molar-refractivity contribution in [3.63, 3.8) is 0 Å². The Morgan fingerprint density at radius 1 is 0.331 bits per heavy atom.